The van der Waals surface area contributed by atoms with E-state index in [2.05, 4.69) is 34.4 Å². The minimum atomic E-state index is -0.564. The average Bonchev–Trinajstić information content (AvgIpc) is 2.67. The molecule has 1 heterocycles. The molecule has 1 fully saturated rings. The van der Waals surface area contributed by atoms with Gasteiger partial charge in [-0.15, -0.1) is 24.0 Å². The van der Waals surface area contributed by atoms with Crippen LogP contribution in [0.2, 0.25) is 0 Å². The number of benzene rings is 1. The number of thioether (sulfide) groups is 1. The minimum absolute atomic E-state index is 0. The van der Waals surface area contributed by atoms with E-state index in [9.17, 15) is 9.59 Å². The summed E-state index contributed by atoms with van der Waals surface area (Å²) in [6.07, 6.45) is 0. The number of rotatable bonds is 6. The maximum Gasteiger partial charge on any atom is 0.251 e. The SMILES string of the molecule is CN=C(NCc1ccc(C(=O)NCC(N)=O)cc1)N1CCSC(C(C)C)C1.I. The first-order valence-corrected chi connectivity index (χ1v) is 10.2. The summed E-state index contributed by atoms with van der Waals surface area (Å²) in [6, 6.07) is 7.26. The van der Waals surface area contributed by atoms with E-state index in [0.29, 0.717) is 23.3 Å². The van der Waals surface area contributed by atoms with E-state index < -0.39 is 5.91 Å². The van der Waals surface area contributed by atoms with Crippen LogP contribution in [0.3, 0.4) is 0 Å². The van der Waals surface area contributed by atoms with Gasteiger partial charge in [0.1, 0.15) is 0 Å². The summed E-state index contributed by atoms with van der Waals surface area (Å²) in [6.45, 7) is 6.99. The van der Waals surface area contributed by atoms with Crippen molar-refractivity contribution in [2.24, 2.45) is 16.6 Å². The van der Waals surface area contributed by atoms with Gasteiger partial charge in [0.15, 0.2) is 5.96 Å². The third-order valence-electron chi connectivity index (χ3n) is 4.44. The first kappa shape index (κ1) is 24.5. The Labute approximate surface area is 188 Å². The number of hydrogen-bond acceptors (Lipinski definition) is 4. The predicted molar refractivity (Wildman–Crippen MR) is 126 cm³/mol. The van der Waals surface area contributed by atoms with Crippen LogP contribution in [0.5, 0.6) is 0 Å². The van der Waals surface area contributed by atoms with Gasteiger partial charge >= 0.3 is 0 Å². The van der Waals surface area contributed by atoms with Gasteiger partial charge in [-0.1, -0.05) is 26.0 Å². The number of nitrogens with zero attached hydrogens (tertiary/aromatic N) is 2. The Morgan fingerprint density at radius 1 is 1.29 bits per heavy atom. The lowest BCUT2D eigenvalue weighted by Crippen LogP contribution is -2.48. The van der Waals surface area contributed by atoms with E-state index in [1.165, 1.54) is 0 Å². The summed E-state index contributed by atoms with van der Waals surface area (Å²) in [5, 5.41) is 6.51. The van der Waals surface area contributed by atoms with Crippen molar-refractivity contribution in [2.45, 2.75) is 25.6 Å². The van der Waals surface area contributed by atoms with Gasteiger partial charge in [0.2, 0.25) is 5.91 Å². The largest absolute Gasteiger partial charge is 0.368 e. The highest BCUT2D eigenvalue weighted by Gasteiger charge is 2.24. The Kier molecular flexibility index (Phi) is 10.7. The van der Waals surface area contributed by atoms with E-state index in [4.69, 9.17) is 5.73 Å². The molecule has 0 aliphatic carbocycles. The number of nitrogens with two attached hydrogens (primary N) is 1. The number of carbonyl (C=O) groups excluding carboxylic acids is 2. The summed E-state index contributed by atoms with van der Waals surface area (Å²) in [5.41, 5.74) is 6.58. The molecule has 0 radical (unpaired) electrons. The first-order valence-electron chi connectivity index (χ1n) is 9.13. The fourth-order valence-corrected chi connectivity index (χ4v) is 4.13. The van der Waals surface area contributed by atoms with Gasteiger partial charge in [-0.05, 0) is 23.6 Å². The second-order valence-electron chi connectivity index (χ2n) is 6.85. The monoisotopic (exact) mass is 519 g/mol. The van der Waals surface area contributed by atoms with Crippen LogP contribution in [0.1, 0.15) is 29.8 Å². The smallest absolute Gasteiger partial charge is 0.251 e. The number of halogens is 1. The molecule has 28 heavy (non-hydrogen) atoms. The van der Waals surface area contributed by atoms with Crippen molar-refractivity contribution < 1.29 is 9.59 Å². The Bertz CT molecular complexity index is 681. The van der Waals surface area contributed by atoms with Gasteiger partial charge in [-0.2, -0.15) is 11.8 Å². The predicted octanol–water partition coefficient (Wildman–Crippen LogP) is 1.67. The van der Waals surface area contributed by atoms with Crippen LogP contribution in [0.4, 0.5) is 0 Å². The average molecular weight is 519 g/mol. The lowest BCUT2D eigenvalue weighted by molar-refractivity contribution is -0.117. The van der Waals surface area contributed by atoms with Gasteiger partial charge in [0.25, 0.3) is 5.91 Å². The van der Waals surface area contributed by atoms with Crippen molar-refractivity contribution in [1.82, 2.24) is 15.5 Å². The molecule has 2 rings (SSSR count). The molecule has 9 heteroatoms. The number of aliphatic imine (C=N–C) groups is 1. The number of hydrogen-bond donors (Lipinski definition) is 3. The van der Waals surface area contributed by atoms with Gasteiger partial charge in [-0.3, -0.25) is 14.6 Å². The van der Waals surface area contributed by atoms with Crippen LogP contribution in [0.15, 0.2) is 29.3 Å². The van der Waals surface area contributed by atoms with E-state index in [0.717, 1.165) is 30.4 Å². The quantitative estimate of drug-likeness (QED) is 0.302. The number of guanidine groups is 1. The van der Waals surface area contributed by atoms with Crippen molar-refractivity contribution in [3.63, 3.8) is 0 Å². The van der Waals surface area contributed by atoms with E-state index >= 15 is 0 Å². The summed E-state index contributed by atoms with van der Waals surface area (Å²) in [5.74, 6) is 1.79. The van der Waals surface area contributed by atoms with Gasteiger partial charge in [0, 0.05) is 43.2 Å². The molecular formula is C19H30IN5O2S. The zero-order chi connectivity index (χ0) is 19.8. The van der Waals surface area contributed by atoms with Crippen LogP contribution in [0, 0.1) is 5.92 Å². The van der Waals surface area contributed by atoms with Crippen molar-refractivity contribution in [2.75, 3.05) is 32.4 Å². The van der Waals surface area contributed by atoms with Crippen molar-refractivity contribution >= 4 is 53.5 Å². The Hall–Kier alpha value is -1.49. The molecule has 1 atom stereocenters. The van der Waals surface area contributed by atoms with Crippen LogP contribution in [-0.2, 0) is 11.3 Å². The summed E-state index contributed by atoms with van der Waals surface area (Å²) in [4.78, 5) is 29.4. The molecule has 1 aliphatic rings. The summed E-state index contributed by atoms with van der Waals surface area (Å²) >= 11 is 2.04. The molecule has 2 amide bonds. The number of nitrogens with one attached hydrogen (secondary N) is 2. The molecule has 1 aliphatic heterocycles. The van der Waals surface area contributed by atoms with Crippen LogP contribution in [-0.4, -0.2) is 60.4 Å². The maximum absolute atomic E-state index is 11.9. The molecule has 4 N–H and O–H groups in total. The van der Waals surface area contributed by atoms with Gasteiger partial charge in [-0.25, -0.2) is 0 Å². The molecule has 7 nitrogen and oxygen atoms in total. The van der Waals surface area contributed by atoms with Crippen molar-refractivity contribution in [3.8, 4) is 0 Å². The van der Waals surface area contributed by atoms with Crippen LogP contribution >= 0.6 is 35.7 Å². The zero-order valence-electron chi connectivity index (χ0n) is 16.6. The number of carbonyl (C=O) groups is 2. The molecule has 0 saturated carbocycles. The molecule has 1 aromatic carbocycles. The molecule has 1 saturated heterocycles. The Morgan fingerprint density at radius 3 is 2.54 bits per heavy atom. The highest BCUT2D eigenvalue weighted by atomic mass is 127. The Balaban J connectivity index is 0.00000392. The van der Waals surface area contributed by atoms with E-state index in [1.54, 1.807) is 19.2 Å². The topological polar surface area (TPSA) is 99.8 Å². The Morgan fingerprint density at radius 2 is 1.96 bits per heavy atom. The van der Waals surface area contributed by atoms with Gasteiger partial charge < -0.3 is 21.3 Å². The number of amides is 2. The lowest BCUT2D eigenvalue weighted by atomic mass is 10.1. The maximum atomic E-state index is 11.9. The first-order chi connectivity index (χ1) is 12.9. The standard InChI is InChI=1S/C19H29N5O2S.HI/c1-13(2)16-12-24(8-9-27-16)19(21-3)23-10-14-4-6-15(7-5-14)18(26)22-11-17(20)25;/h4-7,13,16H,8-12H2,1-3H3,(H2,20,25)(H,21,23)(H,22,26);1H. The fourth-order valence-electron chi connectivity index (χ4n) is 2.83. The van der Waals surface area contributed by atoms with Crippen molar-refractivity contribution in [1.29, 1.82) is 0 Å². The van der Waals surface area contributed by atoms with Gasteiger partial charge in [0.05, 0.1) is 6.54 Å². The molecule has 156 valence electrons. The van der Waals surface area contributed by atoms with E-state index in [1.807, 2.05) is 23.9 Å². The molecule has 1 unspecified atom stereocenters. The lowest BCUT2D eigenvalue weighted by Gasteiger charge is -2.36. The third-order valence-corrected chi connectivity index (χ3v) is 5.98. The zero-order valence-corrected chi connectivity index (χ0v) is 19.8. The normalized spacial score (nSPS) is 17.1. The second-order valence-corrected chi connectivity index (χ2v) is 8.19. The van der Waals surface area contributed by atoms with E-state index in [-0.39, 0.29) is 36.4 Å². The van der Waals surface area contributed by atoms with Crippen molar-refractivity contribution in [3.05, 3.63) is 35.4 Å². The summed E-state index contributed by atoms with van der Waals surface area (Å²) in [7, 11) is 1.81. The molecular weight excluding hydrogens is 489 g/mol. The highest BCUT2D eigenvalue weighted by Crippen LogP contribution is 2.24. The fraction of sp³-hybridized carbons (Fsp3) is 0.526. The highest BCUT2D eigenvalue weighted by molar-refractivity contribution is 14.0. The minimum Gasteiger partial charge on any atom is -0.368 e. The molecule has 0 bridgehead atoms. The molecule has 0 aromatic heterocycles. The van der Waals surface area contributed by atoms with Crippen LogP contribution < -0.4 is 16.4 Å². The molecule has 1 aromatic rings. The van der Waals surface area contributed by atoms with Crippen LogP contribution in [0.25, 0.3) is 0 Å². The molecule has 0 spiro atoms. The summed E-state index contributed by atoms with van der Waals surface area (Å²) < 4.78 is 0. The third kappa shape index (κ3) is 7.50. The number of primary amides is 1. The second kappa shape index (κ2) is 12.2.